The number of imide groups is 1. The van der Waals surface area contributed by atoms with Crippen molar-refractivity contribution < 1.29 is 19.4 Å². The fourth-order valence-electron chi connectivity index (χ4n) is 2.54. The Hall–Kier alpha value is -2.79. The molecular weight excluding hydrogens is 342 g/mol. The molecule has 0 bridgehead atoms. The molecule has 0 unspecified atom stereocenters. The third-order valence-electron chi connectivity index (χ3n) is 3.76. The van der Waals surface area contributed by atoms with Crippen molar-refractivity contribution in [3.05, 3.63) is 64.9 Å². The van der Waals surface area contributed by atoms with E-state index in [1.807, 2.05) is 6.92 Å². The molecule has 2 aromatic carbocycles. The molecule has 3 rings (SSSR count). The van der Waals surface area contributed by atoms with Gasteiger partial charge in [-0.1, -0.05) is 30.7 Å². The average molecular weight is 358 g/mol. The van der Waals surface area contributed by atoms with Crippen molar-refractivity contribution in [2.45, 2.75) is 13.3 Å². The van der Waals surface area contributed by atoms with E-state index >= 15 is 0 Å². The van der Waals surface area contributed by atoms with Gasteiger partial charge in [0.05, 0.1) is 17.9 Å². The van der Waals surface area contributed by atoms with Gasteiger partial charge in [0.2, 0.25) is 0 Å². The maximum atomic E-state index is 12.7. The minimum atomic E-state index is -0.756. The second-order valence-corrected chi connectivity index (χ2v) is 5.96. The first-order valence-electron chi connectivity index (χ1n) is 7.83. The molecule has 5 nitrogen and oxygen atoms in total. The molecule has 0 spiro atoms. The zero-order valence-electron chi connectivity index (χ0n) is 13.5. The summed E-state index contributed by atoms with van der Waals surface area (Å²) in [5, 5.41) is 10.7. The highest BCUT2D eigenvalue weighted by molar-refractivity contribution is 6.45. The predicted octanol–water partition coefficient (Wildman–Crippen LogP) is 3.97. The minimum absolute atomic E-state index is 0.0259. The Kier molecular flexibility index (Phi) is 4.76. The number of aliphatic hydroxyl groups is 1. The lowest BCUT2D eigenvalue weighted by atomic mass is 10.1. The summed E-state index contributed by atoms with van der Waals surface area (Å²) in [6, 6.07) is 13.0. The van der Waals surface area contributed by atoms with E-state index in [4.69, 9.17) is 16.3 Å². The predicted molar refractivity (Wildman–Crippen MR) is 95.7 cm³/mol. The zero-order valence-corrected chi connectivity index (χ0v) is 14.3. The Morgan fingerprint density at radius 3 is 2.24 bits per heavy atom. The second kappa shape index (κ2) is 6.99. The lowest BCUT2D eigenvalue weighted by Crippen LogP contribution is -2.31. The fraction of sp³-hybridized carbons (Fsp3) is 0.158. The summed E-state index contributed by atoms with van der Waals surface area (Å²) in [6.07, 6.45) is 0.886. The van der Waals surface area contributed by atoms with E-state index in [1.165, 1.54) is 0 Å². The Morgan fingerprint density at radius 1 is 1.00 bits per heavy atom. The molecule has 2 aromatic rings. The molecule has 0 radical (unpaired) electrons. The van der Waals surface area contributed by atoms with Crippen LogP contribution in [0.4, 0.5) is 5.69 Å². The zero-order chi connectivity index (χ0) is 18.0. The summed E-state index contributed by atoms with van der Waals surface area (Å²) in [5.74, 6) is -1.24. The van der Waals surface area contributed by atoms with Gasteiger partial charge in [-0.3, -0.25) is 9.59 Å². The normalized spacial score (nSPS) is 14.4. The van der Waals surface area contributed by atoms with E-state index in [0.29, 0.717) is 28.6 Å². The van der Waals surface area contributed by atoms with Crippen molar-refractivity contribution in [3.63, 3.8) is 0 Å². The molecule has 0 atom stereocenters. The van der Waals surface area contributed by atoms with E-state index in [2.05, 4.69) is 0 Å². The molecule has 25 heavy (non-hydrogen) atoms. The van der Waals surface area contributed by atoms with Crippen LogP contribution in [0.3, 0.4) is 0 Å². The number of nitrogens with zero attached hydrogens (tertiary/aromatic N) is 1. The van der Waals surface area contributed by atoms with Crippen molar-refractivity contribution in [1.82, 2.24) is 0 Å². The molecule has 2 amide bonds. The van der Waals surface area contributed by atoms with Gasteiger partial charge in [0, 0.05) is 5.02 Å². The molecule has 6 heteroatoms. The number of carbonyl (C=O) groups is 2. The van der Waals surface area contributed by atoms with Crippen LogP contribution in [-0.4, -0.2) is 23.5 Å². The Morgan fingerprint density at radius 2 is 1.64 bits per heavy atom. The maximum Gasteiger partial charge on any atom is 0.301 e. The minimum Gasteiger partial charge on any atom is -0.502 e. The van der Waals surface area contributed by atoms with Crippen LogP contribution in [-0.2, 0) is 9.59 Å². The average Bonchev–Trinajstić information content (AvgIpc) is 2.84. The quantitative estimate of drug-likeness (QED) is 0.822. The van der Waals surface area contributed by atoms with Gasteiger partial charge in [0.1, 0.15) is 5.75 Å². The molecule has 1 aliphatic heterocycles. The molecule has 0 fully saturated rings. The summed E-state index contributed by atoms with van der Waals surface area (Å²) >= 11 is 5.84. The van der Waals surface area contributed by atoms with Crippen molar-refractivity contribution >= 4 is 34.7 Å². The highest BCUT2D eigenvalue weighted by Crippen LogP contribution is 2.33. The largest absolute Gasteiger partial charge is 0.502 e. The number of amides is 2. The Labute approximate surface area is 150 Å². The topological polar surface area (TPSA) is 66.8 Å². The van der Waals surface area contributed by atoms with Crippen LogP contribution in [0.1, 0.15) is 18.9 Å². The van der Waals surface area contributed by atoms with E-state index < -0.39 is 17.6 Å². The number of hydrogen-bond donors (Lipinski definition) is 1. The molecule has 0 aliphatic carbocycles. The van der Waals surface area contributed by atoms with Gasteiger partial charge in [-0.2, -0.15) is 0 Å². The van der Waals surface area contributed by atoms with Crippen LogP contribution < -0.4 is 9.64 Å². The van der Waals surface area contributed by atoms with Gasteiger partial charge in [-0.15, -0.1) is 0 Å². The van der Waals surface area contributed by atoms with E-state index in [1.54, 1.807) is 48.5 Å². The van der Waals surface area contributed by atoms with Gasteiger partial charge in [-0.05, 0) is 48.4 Å². The van der Waals surface area contributed by atoms with Crippen LogP contribution in [0, 0.1) is 0 Å². The summed E-state index contributed by atoms with van der Waals surface area (Å²) in [6.45, 7) is 2.60. The lowest BCUT2D eigenvalue weighted by molar-refractivity contribution is -0.121. The van der Waals surface area contributed by atoms with Crippen LogP contribution in [0.2, 0.25) is 5.02 Å². The van der Waals surface area contributed by atoms with Crippen molar-refractivity contribution in [3.8, 4) is 5.75 Å². The number of aliphatic hydroxyl groups excluding tert-OH is 1. The first-order valence-corrected chi connectivity index (χ1v) is 8.21. The molecule has 1 aliphatic rings. The maximum absolute atomic E-state index is 12.7. The third kappa shape index (κ3) is 3.23. The second-order valence-electron chi connectivity index (χ2n) is 5.52. The first kappa shape index (κ1) is 17.0. The molecule has 128 valence electrons. The highest BCUT2D eigenvalue weighted by Gasteiger charge is 2.40. The number of carbonyl (C=O) groups excluding carboxylic acids is 2. The van der Waals surface area contributed by atoms with E-state index in [0.717, 1.165) is 11.3 Å². The summed E-state index contributed by atoms with van der Waals surface area (Å²) < 4.78 is 5.50. The number of halogens is 1. The van der Waals surface area contributed by atoms with Crippen LogP contribution in [0.25, 0.3) is 5.57 Å². The molecule has 0 saturated heterocycles. The van der Waals surface area contributed by atoms with Gasteiger partial charge < -0.3 is 9.84 Å². The number of hydrogen-bond acceptors (Lipinski definition) is 4. The number of benzene rings is 2. The third-order valence-corrected chi connectivity index (χ3v) is 4.01. The van der Waals surface area contributed by atoms with Crippen molar-refractivity contribution in [2.75, 3.05) is 11.5 Å². The van der Waals surface area contributed by atoms with Gasteiger partial charge in [0.25, 0.3) is 5.91 Å². The lowest BCUT2D eigenvalue weighted by Gasteiger charge is -2.14. The van der Waals surface area contributed by atoms with Gasteiger partial charge in [-0.25, -0.2) is 4.90 Å². The van der Waals surface area contributed by atoms with Crippen LogP contribution in [0.5, 0.6) is 5.75 Å². The van der Waals surface area contributed by atoms with Crippen LogP contribution in [0.15, 0.2) is 54.3 Å². The summed E-state index contributed by atoms with van der Waals surface area (Å²) in [7, 11) is 0. The van der Waals surface area contributed by atoms with Gasteiger partial charge in [0.15, 0.2) is 5.76 Å². The number of rotatable bonds is 5. The standard InChI is InChI=1S/C19H16ClNO4/c1-2-11-25-15-9-3-12(4-10-15)16-17(22)19(24)21(18(16)23)14-7-5-13(20)6-8-14/h3-10,22H,2,11H2,1H3. The highest BCUT2D eigenvalue weighted by atomic mass is 35.5. The van der Waals surface area contributed by atoms with Crippen molar-refractivity contribution in [2.24, 2.45) is 0 Å². The van der Waals surface area contributed by atoms with Gasteiger partial charge >= 0.3 is 5.91 Å². The Bertz CT molecular complexity index is 841. The molecule has 1 heterocycles. The fourth-order valence-corrected chi connectivity index (χ4v) is 2.67. The first-order chi connectivity index (χ1) is 12.0. The molecule has 1 N–H and O–H groups in total. The SMILES string of the molecule is CCCOc1ccc(C2=C(O)C(=O)N(c3ccc(Cl)cc3)C2=O)cc1. The summed E-state index contributed by atoms with van der Waals surface area (Å²) in [5.41, 5.74) is 0.780. The molecular formula is C19H16ClNO4. The number of ether oxygens (including phenoxy) is 1. The monoisotopic (exact) mass is 357 g/mol. The number of anilines is 1. The van der Waals surface area contributed by atoms with E-state index in [9.17, 15) is 14.7 Å². The Balaban J connectivity index is 1.90. The smallest absolute Gasteiger partial charge is 0.301 e. The molecule has 0 saturated carbocycles. The van der Waals surface area contributed by atoms with Crippen molar-refractivity contribution in [1.29, 1.82) is 0 Å². The summed E-state index contributed by atoms with van der Waals surface area (Å²) in [4.78, 5) is 26.0. The van der Waals surface area contributed by atoms with E-state index in [-0.39, 0.29) is 5.57 Å². The van der Waals surface area contributed by atoms with Crippen LogP contribution >= 0.6 is 11.6 Å². The molecule has 0 aromatic heterocycles.